The quantitative estimate of drug-likeness (QED) is 0.771. The van der Waals surface area contributed by atoms with E-state index in [1.165, 1.54) is 50.2 Å². The summed E-state index contributed by atoms with van der Waals surface area (Å²) < 4.78 is 0. The molecule has 2 nitrogen and oxygen atoms in total. The molecular formula is C20H28N2. The first-order chi connectivity index (χ1) is 10.7. The Hall–Kier alpha value is -1.54. The molecule has 0 N–H and O–H groups in total. The minimum Gasteiger partial charge on any atom is -0.369 e. The van der Waals surface area contributed by atoms with Gasteiger partial charge in [-0.15, -0.1) is 0 Å². The van der Waals surface area contributed by atoms with Gasteiger partial charge < -0.3 is 4.90 Å². The molecule has 2 aliphatic rings. The van der Waals surface area contributed by atoms with E-state index >= 15 is 0 Å². The molecule has 1 heterocycles. The van der Waals surface area contributed by atoms with Crippen molar-refractivity contribution in [3.05, 3.63) is 54.1 Å². The first kappa shape index (κ1) is 15.4. The molecule has 1 aliphatic carbocycles. The van der Waals surface area contributed by atoms with Crippen molar-refractivity contribution in [1.29, 1.82) is 0 Å². The maximum Gasteiger partial charge on any atom is 0.0367 e. The van der Waals surface area contributed by atoms with Crippen LogP contribution in [0.25, 0.3) is 0 Å². The van der Waals surface area contributed by atoms with Crippen LogP contribution in [0.5, 0.6) is 0 Å². The Kier molecular flexibility index (Phi) is 4.99. The number of hydrogen-bond donors (Lipinski definition) is 0. The van der Waals surface area contributed by atoms with Crippen LogP contribution in [0.15, 0.2) is 54.1 Å². The molecule has 1 aromatic rings. The molecule has 1 atom stereocenters. The van der Waals surface area contributed by atoms with Crippen molar-refractivity contribution in [2.45, 2.75) is 26.2 Å². The molecule has 0 radical (unpaired) electrons. The van der Waals surface area contributed by atoms with Crippen LogP contribution in [0.1, 0.15) is 26.2 Å². The zero-order chi connectivity index (χ0) is 15.4. The van der Waals surface area contributed by atoms with E-state index in [1.54, 1.807) is 5.57 Å². The highest BCUT2D eigenvalue weighted by molar-refractivity contribution is 5.46. The van der Waals surface area contributed by atoms with Gasteiger partial charge in [0.15, 0.2) is 0 Å². The van der Waals surface area contributed by atoms with E-state index in [-0.39, 0.29) is 0 Å². The number of hydrogen-bond acceptors (Lipinski definition) is 2. The number of piperazine rings is 1. The minimum atomic E-state index is 0.721. The Morgan fingerprint density at radius 1 is 1.14 bits per heavy atom. The summed E-state index contributed by atoms with van der Waals surface area (Å²) in [5.41, 5.74) is 4.36. The molecule has 22 heavy (non-hydrogen) atoms. The molecule has 1 saturated heterocycles. The van der Waals surface area contributed by atoms with E-state index in [1.807, 2.05) is 0 Å². The lowest BCUT2D eigenvalue weighted by atomic mass is 9.85. The van der Waals surface area contributed by atoms with Gasteiger partial charge in [-0.25, -0.2) is 0 Å². The fraction of sp³-hybridized carbons (Fsp3) is 0.500. The molecule has 118 valence electrons. The Bertz CT molecular complexity index is 524. The van der Waals surface area contributed by atoms with Crippen LogP contribution in [0.2, 0.25) is 0 Å². The third-order valence-electron chi connectivity index (χ3n) is 5.12. The number of rotatable bonds is 4. The summed E-state index contributed by atoms with van der Waals surface area (Å²) >= 11 is 0. The molecule has 2 heteroatoms. The Balaban J connectivity index is 1.48. The highest BCUT2D eigenvalue weighted by Gasteiger charge is 2.20. The molecule has 0 spiro atoms. The van der Waals surface area contributed by atoms with Gasteiger partial charge in [-0.2, -0.15) is 0 Å². The third kappa shape index (κ3) is 3.80. The number of anilines is 1. The van der Waals surface area contributed by atoms with E-state index in [2.05, 4.69) is 59.7 Å². The average Bonchev–Trinajstić information content (AvgIpc) is 2.57. The summed E-state index contributed by atoms with van der Waals surface area (Å²) in [4.78, 5) is 5.12. The molecule has 1 aliphatic heterocycles. The van der Waals surface area contributed by atoms with Crippen molar-refractivity contribution < 1.29 is 0 Å². The molecule has 0 unspecified atom stereocenters. The molecule has 0 amide bonds. The molecular weight excluding hydrogens is 268 g/mol. The molecule has 1 fully saturated rings. The Morgan fingerprint density at radius 2 is 1.86 bits per heavy atom. The summed E-state index contributed by atoms with van der Waals surface area (Å²) in [6, 6.07) is 10.8. The van der Waals surface area contributed by atoms with Gasteiger partial charge in [0.2, 0.25) is 0 Å². The van der Waals surface area contributed by atoms with Crippen LogP contribution < -0.4 is 4.90 Å². The van der Waals surface area contributed by atoms with Crippen molar-refractivity contribution >= 4 is 5.69 Å². The van der Waals surface area contributed by atoms with Crippen LogP contribution in [0.3, 0.4) is 0 Å². The van der Waals surface area contributed by atoms with E-state index in [0.717, 1.165) is 19.0 Å². The van der Waals surface area contributed by atoms with Crippen LogP contribution in [-0.2, 0) is 0 Å². The second-order valence-corrected chi connectivity index (χ2v) is 6.78. The number of benzene rings is 1. The molecule has 1 aromatic carbocycles. The highest BCUT2D eigenvalue weighted by atomic mass is 15.3. The van der Waals surface area contributed by atoms with Crippen molar-refractivity contribution in [2.75, 3.05) is 37.6 Å². The summed E-state index contributed by atoms with van der Waals surface area (Å²) in [5, 5.41) is 0. The SMILES string of the molecule is C=C(C)[C@H]1CC=C(CN2CCN(c3ccccc3)CC2)CC1. The van der Waals surface area contributed by atoms with Crippen LogP contribution in [0, 0.1) is 5.92 Å². The van der Waals surface area contributed by atoms with Gasteiger partial charge in [-0.3, -0.25) is 4.90 Å². The van der Waals surface area contributed by atoms with Crippen LogP contribution in [0.4, 0.5) is 5.69 Å². The number of allylic oxidation sites excluding steroid dienone is 2. The second kappa shape index (κ2) is 7.15. The topological polar surface area (TPSA) is 6.48 Å². The zero-order valence-corrected chi connectivity index (χ0v) is 13.8. The molecule has 3 rings (SSSR count). The lowest BCUT2D eigenvalue weighted by Crippen LogP contribution is -2.47. The molecule has 0 bridgehead atoms. The fourth-order valence-electron chi connectivity index (χ4n) is 3.57. The Labute approximate surface area is 135 Å². The highest BCUT2D eigenvalue weighted by Crippen LogP contribution is 2.28. The van der Waals surface area contributed by atoms with Crippen molar-refractivity contribution in [2.24, 2.45) is 5.92 Å². The number of nitrogens with zero attached hydrogens (tertiary/aromatic N) is 2. The summed E-state index contributed by atoms with van der Waals surface area (Å²) in [5.74, 6) is 0.721. The van der Waals surface area contributed by atoms with E-state index in [0.29, 0.717) is 0 Å². The summed E-state index contributed by atoms with van der Waals surface area (Å²) in [7, 11) is 0. The zero-order valence-electron chi connectivity index (χ0n) is 13.8. The van der Waals surface area contributed by atoms with Gasteiger partial charge in [-0.1, -0.05) is 42.0 Å². The van der Waals surface area contributed by atoms with Gasteiger partial charge in [0, 0.05) is 38.4 Å². The van der Waals surface area contributed by atoms with Crippen molar-refractivity contribution in [1.82, 2.24) is 4.90 Å². The largest absolute Gasteiger partial charge is 0.369 e. The summed E-state index contributed by atoms with van der Waals surface area (Å²) in [6.45, 7) is 12.1. The van der Waals surface area contributed by atoms with Crippen molar-refractivity contribution in [3.8, 4) is 0 Å². The van der Waals surface area contributed by atoms with Crippen LogP contribution in [-0.4, -0.2) is 37.6 Å². The molecule has 0 aromatic heterocycles. The monoisotopic (exact) mass is 296 g/mol. The first-order valence-corrected chi connectivity index (χ1v) is 8.58. The van der Waals surface area contributed by atoms with E-state index < -0.39 is 0 Å². The Morgan fingerprint density at radius 3 is 2.45 bits per heavy atom. The van der Waals surface area contributed by atoms with Gasteiger partial charge in [-0.05, 0) is 44.2 Å². The smallest absolute Gasteiger partial charge is 0.0367 e. The predicted molar refractivity (Wildman–Crippen MR) is 95.3 cm³/mol. The second-order valence-electron chi connectivity index (χ2n) is 6.78. The van der Waals surface area contributed by atoms with Gasteiger partial charge in [0.25, 0.3) is 0 Å². The van der Waals surface area contributed by atoms with Gasteiger partial charge in [0.1, 0.15) is 0 Å². The van der Waals surface area contributed by atoms with Crippen LogP contribution >= 0.6 is 0 Å². The number of para-hydroxylation sites is 1. The van der Waals surface area contributed by atoms with Gasteiger partial charge >= 0.3 is 0 Å². The standard InChI is InChI=1S/C20H28N2/c1-17(2)19-10-8-18(9-11-19)16-21-12-14-22(15-13-21)20-6-4-3-5-7-20/h3-8,19H,1,9-16H2,2H3/t19-/m0/s1. The maximum atomic E-state index is 4.11. The normalized spacial score (nSPS) is 23.2. The van der Waals surface area contributed by atoms with Gasteiger partial charge in [0.05, 0.1) is 0 Å². The first-order valence-electron chi connectivity index (χ1n) is 8.58. The molecule has 0 saturated carbocycles. The lowest BCUT2D eigenvalue weighted by molar-refractivity contribution is 0.273. The fourth-order valence-corrected chi connectivity index (χ4v) is 3.57. The summed E-state index contributed by atoms with van der Waals surface area (Å²) in [6.07, 6.45) is 6.24. The van der Waals surface area contributed by atoms with E-state index in [9.17, 15) is 0 Å². The predicted octanol–water partition coefficient (Wildman–Crippen LogP) is 4.11. The lowest BCUT2D eigenvalue weighted by Gasteiger charge is -2.37. The van der Waals surface area contributed by atoms with E-state index in [4.69, 9.17) is 0 Å². The van der Waals surface area contributed by atoms with Crippen molar-refractivity contribution in [3.63, 3.8) is 0 Å². The third-order valence-corrected chi connectivity index (χ3v) is 5.12. The maximum absolute atomic E-state index is 4.11. The minimum absolute atomic E-state index is 0.721. The average molecular weight is 296 g/mol.